The fourth-order valence-electron chi connectivity index (χ4n) is 2.24. The second kappa shape index (κ2) is 7.28. The van der Waals surface area contributed by atoms with Crippen LogP contribution < -0.4 is 4.74 Å². The number of hydrogen-bond donors (Lipinski definition) is 1. The van der Waals surface area contributed by atoms with Gasteiger partial charge in [0, 0.05) is 0 Å². The molecule has 3 heteroatoms. The van der Waals surface area contributed by atoms with E-state index in [-0.39, 0.29) is 17.4 Å². The zero-order valence-electron chi connectivity index (χ0n) is 14.3. The molecule has 0 bridgehead atoms. The summed E-state index contributed by atoms with van der Waals surface area (Å²) < 4.78 is 11.3. The van der Waals surface area contributed by atoms with Crippen molar-refractivity contribution in [2.24, 2.45) is 0 Å². The third-order valence-electron chi connectivity index (χ3n) is 3.34. The molecule has 0 saturated carbocycles. The highest BCUT2D eigenvalue weighted by atomic mass is 16.5. The molecule has 0 aliphatic rings. The standard InChI is InChI=1S/C18H30O3/c1-17(2,3)14-8-7-9-15(18(4,5)6)16(14)21-13-12-20-11-10-19/h7-9,19H,10-13H2,1-6H3. The van der Waals surface area contributed by atoms with Crippen LogP contribution in [0.1, 0.15) is 52.7 Å². The number of ether oxygens (including phenoxy) is 2. The van der Waals surface area contributed by atoms with Crippen LogP contribution in [0.4, 0.5) is 0 Å². The number of benzene rings is 1. The molecule has 0 saturated heterocycles. The van der Waals surface area contributed by atoms with E-state index in [1.54, 1.807) is 0 Å². The van der Waals surface area contributed by atoms with Crippen LogP contribution in [0.15, 0.2) is 18.2 Å². The molecule has 0 amide bonds. The minimum Gasteiger partial charge on any atom is -0.491 e. The highest BCUT2D eigenvalue weighted by Gasteiger charge is 2.26. The first kappa shape index (κ1) is 18.0. The van der Waals surface area contributed by atoms with Crippen molar-refractivity contribution in [2.45, 2.75) is 52.4 Å². The van der Waals surface area contributed by atoms with Gasteiger partial charge < -0.3 is 14.6 Å². The van der Waals surface area contributed by atoms with Crippen LogP contribution >= 0.6 is 0 Å². The fraction of sp³-hybridized carbons (Fsp3) is 0.667. The van der Waals surface area contributed by atoms with E-state index in [9.17, 15) is 0 Å². The smallest absolute Gasteiger partial charge is 0.126 e. The highest BCUT2D eigenvalue weighted by Crippen LogP contribution is 2.39. The Hall–Kier alpha value is -1.06. The Balaban J connectivity index is 3.01. The molecule has 3 nitrogen and oxygen atoms in total. The average Bonchev–Trinajstić information content (AvgIpc) is 2.36. The third-order valence-corrected chi connectivity index (χ3v) is 3.34. The molecule has 0 radical (unpaired) electrons. The van der Waals surface area contributed by atoms with Crippen molar-refractivity contribution in [3.63, 3.8) is 0 Å². The van der Waals surface area contributed by atoms with Crippen LogP contribution in [0, 0.1) is 0 Å². The fourth-order valence-corrected chi connectivity index (χ4v) is 2.24. The minimum atomic E-state index is 0.0303. The highest BCUT2D eigenvalue weighted by molar-refractivity contribution is 5.48. The number of para-hydroxylation sites is 1. The van der Waals surface area contributed by atoms with Crippen LogP contribution in [0.5, 0.6) is 5.75 Å². The number of rotatable bonds is 6. The van der Waals surface area contributed by atoms with Crippen molar-refractivity contribution >= 4 is 0 Å². The van der Waals surface area contributed by atoms with Crippen molar-refractivity contribution in [1.29, 1.82) is 0 Å². The molecule has 0 unspecified atom stereocenters. The molecule has 1 N–H and O–H groups in total. The normalized spacial score (nSPS) is 12.5. The molecule has 0 heterocycles. The summed E-state index contributed by atoms with van der Waals surface area (Å²) in [6, 6.07) is 6.38. The third kappa shape index (κ3) is 5.33. The van der Waals surface area contributed by atoms with Crippen molar-refractivity contribution in [1.82, 2.24) is 0 Å². The molecule has 0 fully saturated rings. The number of aliphatic hydroxyl groups is 1. The first-order valence-electron chi connectivity index (χ1n) is 7.63. The lowest BCUT2D eigenvalue weighted by atomic mass is 9.79. The lowest BCUT2D eigenvalue weighted by Gasteiger charge is -2.29. The van der Waals surface area contributed by atoms with Gasteiger partial charge in [-0.1, -0.05) is 59.7 Å². The second-order valence-corrected chi connectivity index (χ2v) is 7.37. The van der Waals surface area contributed by atoms with E-state index in [0.29, 0.717) is 19.8 Å². The van der Waals surface area contributed by atoms with Crippen LogP contribution in [0.3, 0.4) is 0 Å². The van der Waals surface area contributed by atoms with Crippen LogP contribution in [-0.4, -0.2) is 31.5 Å². The van der Waals surface area contributed by atoms with Crippen LogP contribution in [-0.2, 0) is 15.6 Å². The quantitative estimate of drug-likeness (QED) is 0.814. The van der Waals surface area contributed by atoms with Crippen LogP contribution in [0.25, 0.3) is 0 Å². The van der Waals surface area contributed by atoms with Gasteiger partial charge in [0.25, 0.3) is 0 Å². The molecule has 0 aliphatic heterocycles. The minimum absolute atomic E-state index is 0.0303. The number of hydrogen-bond acceptors (Lipinski definition) is 3. The van der Waals surface area contributed by atoms with Gasteiger partial charge in [0.15, 0.2) is 0 Å². The first-order valence-corrected chi connectivity index (χ1v) is 7.63. The van der Waals surface area contributed by atoms with Gasteiger partial charge in [-0.05, 0) is 22.0 Å². The van der Waals surface area contributed by atoms with Gasteiger partial charge in [-0.3, -0.25) is 0 Å². The molecule has 0 atom stereocenters. The largest absolute Gasteiger partial charge is 0.491 e. The first-order chi connectivity index (χ1) is 9.68. The van der Waals surface area contributed by atoms with Crippen LogP contribution in [0.2, 0.25) is 0 Å². The summed E-state index contributed by atoms with van der Waals surface area (Å²) in [6.45, 7) is 14.6. The lowest BCUT2D eigenvalue weighted by Crippen LogP contribution is -2.21. The Morgan fingerprint density at radius 1 is 0.857 bits per heavy atom. The Bertz CT molecular complexity index is 407. The summed E-state index contributed by atoms with van der Waals surface area (Å²) in [5, 5.41) is 8.72. The summed E-state index contributed by atoms with van der Waals surface area (Å²) in [6.07, 6.45) is 0. The summed E-state index contributed by atoms with van der Waals surface area (Å²) in [7, 11) is 0. The average molecular weight is 294 g/mol. The van der Waals surface area contributed by atoms with Gasteiger partial charge in [0.05, 0.1) is 19.8 Å². The molecule has 1 aromatic rings. The Labute approximate surface area is 129 Å². The van der Waals surface area contributed by atoms with Gasteiger partial charge >= 0.3 is 0 Å². The molecule has 120 valence electrons. The predicted molar refractivity (Wildman–Crippen MR) is 87.2 cm³/mol. The van der Waals surface area contributed by atoms with E-state index >= 15 is 0 Å². The summed E-state index contributed by atoms with van der Waals surface area (Å²) in [5.41, 5.74) is 2.50. The number of aliphatic hydroxyl groups excluding tert-OH is 1. The molecule has 1 rings (SSSR count). The van der Waals surface area contributed by atoms with Crippen molar-refractivity contribution < 1.29 is 14.6 Å². The van der Waals surface area contributed by atoms with Gasteiger partial charge in [0.2, 0.25) is 0 Å². The summed E-state index contributed by atoms with van der Waals surface area (Å²) in [4.78, 5) is 0. The topological polar surface area (TPSA) is 38.7 Å². The van der Waals surface area contributed by atoms with E-state index in [2.05, 4.69) is 59.7 Å². The van der Waals surface area contributed by atoms with Gasteiger partial charge in [0.1, 0.15) is 12.4 Å². The van der Waals surface area contributed by atoms with Gasteiger partial charge in [-0.2, -0.15) is 0 Å². The van der Waals surface area contributed by atoms with Gasteiger partial charge in [-0.15, -0.1) is 0 Å². The van der Waals surface area contributed by atoms with E-state index in [4.69, 9.17) is 14.6 Å². The lowest BCUT2D eigenvalue weighted by molar-refractivity contribution is 0.0697. The monoisotopic (exact) mass is 294 g/mol. The zero-order valence-corrected chi connectivity index (χ0v) is 14.3. The molecular formula is C18H30O3. The van der Waals surface area contributed by atoms with E-state index < -0.39 is 0 Å². The van der Waals surface area contributed by atoms with Gasteiger partial charge in [-0.25, -0.2) is 0 Å². The molecule has 21 heavy (non-hydrogen) atoms. The van der Waals surface area contributed by atoms with Crippen molar-refractivity contribution in [3.05, 3.63) is 29.3 Å². The Kier molecular flexibility index (Phi) is 6.24. The molecular weight excluding hydrogens is 264 g/mol. The Morgan fingerprint density at radius 2 is 1.38 bits per heavy atom. The van der Waals surface area contributed by atoms with E-state index in [1.165, 1.54) is 11.1 Å². The maximum absolute atomic E-state index is 8.72. The Morgan fingerprint density at radius 3 is 1.81 bits per heavy atom. The van der Waals surface area contributed by atoms with Crippen molar-refractivity contribution in [3.8, 4) is 5.75 Å². The summed E-state index contributed by atoms with van der Waals surface area (Å²) in [5.74, 6) is 0.977. The molecule has 0 aliphatic carbocycles. The molecule has 1 aromatic carbocycles. The SMILES string of the molecule is CC(C)(C)c1cccc(C(C)(C)C)c1OCCOCCO. The maximum Gasteiger partial charge on any atom is 0.126 e. The molecule has 0 aromatic heterocycles. The van der Waals surface area contributed by atoms with E-state index in [0.717, 1.165) is 5.75 Å². The maximum atomic E-state index is 8.72. The van der Waals surface area contributed by atoms with E-state index in [1.807, 2.05) is 0 Å². The summed E-state index contributed by atoms with van der Waals surface area (Å²) >= 11 is 0. The zero-order chi connectivity index (χ0) is 16.1. The predicted octanol–water partition coefficient (Wildman–Crippen LogP) is 3.67. The second-order valence-electron chi connectivity index (χ2n) is 7.37. The van der Waals surface area contributed by atoms with Crippen molar-refractivity contribution in [2.75, 3.05) is 26.4 Å². The molecule has 0 spiro atoms.